The molecular weight excluding hydrogens is 404 g/mol. The summed E-state index contributed by atoms with van der Waals surface area (Å²) >= 11 is 5.95. The molecule has 1 N–H and O–H groups in total. The number of aryl methyl sites for hydroxylation is 1. The van der Waals surface area contributed by atoms with Crippen LogP contribution in [0.1, 0.15) is 12.0 Å². The van der Waals surface area contributed by atoms with Gasteiger partial charge in [-0.25, -0.2) is 4.79 Å². The summed E-state index contributed by atoms with van der Waals surface area (Å²) in [5.41, 5.74) is 3.07. The molecule has 30 heavy (non-hydrogen) atoms. The molecule has 2 heterocycles. The summed E-state index contributed by atoms with van der Waals surface area (Å²) in [5, 5.41) is 3.65. The van der Waals surface area contributed by atoms with Gasteiger partial charge in [-0.1, -0.05) is 23.7 Å². The number of nitrogens with one attached hydrogen (secondary N) is 1. The van der Waals surface area contributed by atoms with Crippen molar-refractivity contribution in [2.75, 3.05) is 38.0 Å². The molecule has 3 aromatic rings. The van der Waals surface area contributed by atoms with Gasteiger partial charge in [0, 0.05) is 69.5 Å². The highest BCUT2D eigenvalue weighted by Gasteiger charge is 2.18. The molecule has 1 aromatic heterocycles. The first kappa shape index (κ1) is 20.7. The van der Waals surface area contributed by atoms with E-state index in [0.717, 1.165) is 44.3 Å². The number of halogens is 1. The lowest BCUT2D eigenvalue weighted by Crippen LogP contribution is -2.46. The Morgan fingerprint density at radius 2 is 1.77 bits per heavy atom. The summed E-state index contributed by atoms with van der Waals surface area (Å²) in [4.78, 5) is 28.7. The number of oxazole rings is 1. The largest absolute Gasteiger partial charge is 0.419 e. The van der Waals surface area contributed by atoms with Crippen LogP contribution in [-0.2, 0) is 18.4 Å². The molecule has 1 amide bonds. The fourth-order valence-corrected chi connectivity index (χ4v) is 3.84. The van der Waals surface area contributed by atoms with Crippen LogP contribution in [0.4, 0.5) is 5.69 Å². The van der Waals surface area contributed by atoms with Crippen LogP contribution in [0.25, 0.3) is 11.1 Å². The molecule has 0 saturated carbocycles. The number of aromatic nitrogens is 1. The first-order valence-electron chi connectivity index (χ1n) is 10.1. The van der Waals surface area contributed by atoms with E-state index in [2.05, 4.69) is 27.2 Å². The summed E-state index contributed by atoms with van der Waals surface area (Å²) in [6.07, 6.45) is 0.425. The number of hydrogen-bond acceptors (Lipinski definition) is 5. The van der Waals surface area contributed by atoms with Crippen LogP contribution < -0.4 is 11.1 Å². The van der Waals surface area contributed by atoms with Gasteiger partial charge in [-0.2, -0.15) is 0 Å². The summed E-state index contributed by atoms with van der Waals surface area (Å²) in [6.45, 7) is 5.50. The van der Waals surface area contributed by atoms with E-state index in [9.17, 15) is 9.59 Å². The maximum atomic E-state index is 12.3. The van der Waals surface area contributed by atoms with Crippen molar-refractivity contribution in [1.82, 2.24) is 14.4 Å². The highest BCUT2D eigenvalue weighted by atomic mass is 35.5. The molecule has 1 aliphatic heterocycles. The molecule has 0 bridgehead atoms. The smallest absolute Gasteiger partial charge is 0.408 e. The normalized spacial score (nSPS) is 15.5. The van der Waals surface area contributed by atoms with Gasteiger partial charge in [-0.15, -0.1) is 0 Å². The molecule has 2 aromatic carbocycles. The summed E-state index contributed by atoms with van der Waals surface area (Å²) < 4.78 is 6.61. The Bertz CT molecular complexity index is 1080. The molecule has 1 fully saturated rings. The summed E-state index contributed by atoms with van der Waals surface area (Å²) in [7, 11) is 1.65. The Morgan fingerprint density at radius 3 is 2.50 bits per heavy atom. The zero-order valence-electron chi connectivity index (χ0n) is 16.9. The van der Waals surface area contributed by atoms with Crippen LogP contribution in [0.3, 0.4) is 0 Å². The van der Waals surface area contributed by atoms with E-state index < -0.39 is 5.76 Å². The fourth-order valence-electron chi connectivity index (χ4n) is 3.71. The van der Waals surface area contributed by atoms with Gasteiger partial charge in [0.25, 0.3) is 0 Å². The molecule has 0 aliphatic carbocycles. The molecule has 1 aliphatic rings. The number of amides is 1. The average Bonchev–Trinajstić information content (AvgIpc) is 3.02. The van der Waals surface area contributed by atoms with Gasteiger partial charge in [0.15, 0.2) is 5.58 Å². The van der Waals surface area contributed by atoms with E-state index in [1.165, 1.54) is 10.1 Å². The minimum Gasteiger partial charge on any atom is -0.408 e. The number of hydrogen-bond donors (Lipinski definition) is 1. The van der Waals surface area contributed by atoms with Crippen molar-refractivity contribution in [3.05, 3.63) is 63.6 Å². The number of carbonyl (C=O) groups is 1. The van der Waals surface area contributed by atoms with Crippen LogP contribution in [0.2, 0.25) is 5.02 Å². The highest BCUT2D eigenvalue weighted by Crippen LogP contribution is 2.18. The lowest BCUT2D eigenvalue weighted by Gasteiger charge is -2.34. The number of anilines is 1. The van der Waals surface area contributed by atoms with Gasteiger partial charge in [0.05, 0.1) is 5.52 Å². The number of carbonyl (C=O) groups excluding carboxylic acids is 1. The Balaban J connectivity index is 1.22. The SMILES string of the molecule is Cn1c(=O)oc2cc(NC(=O)CCN3CCN(Cc4ccc(Cl)cc4)CC3)ccc21. The van der Waals surface area contributed by atoms with Crippen LogP contribution >= 0.6 is 11.6 Å². The standard InChI is InChI=1S/C22H25ClN4O3/c1-25-19-7-6-18(14-20(19)30-22(25)29)24-21(28)8-9-26-10-12-27(13-11-26)15-16-2-4-17(23)5-3-16/h2-7,14H,8-13,15H2,1H3,(H,24,28). The Labute approximate surface area is 179 Å². The van der Waals surface area contributed by atoms with Crippen molar-refractivity contribution in [3.63, 3.8) is 0 Å². The zero-order valence-corrected chi connectivity index (χ0v) is 17.7. The van der Waals surface area contributed by atoms with E-state index in [1.807, 2.05) is 12.1 Å². The van der Waals surface area contributed by atoms with E-state index in [0.29, 0.717) is 23.2 Å². The minimum atomic E-state index is -0.413. The van der Waals surface area contributed by atoms with Crippen molar-refractivity contribution < 1.29 is 9.21 Å². The summed E-state index contributed by atoms with van der Waals surface area (Å²) in [5.74, 6) is -0.458. The van der Waals surface area contributed by atoms with E-state index in [4.69, 9.17) is 16.0 Å². The second kappa shape index (κ2) is 9.04. The molecule has 0 atom stereocenters. The van der Waals surface area contributed by atoms with Crippen LogP contribution in [-0.4, -0.2) is 53.0 Å². The molecule has 1 saturated heterocycles. The van der Waals surface area contributed by atoms with Gasteiger partial charge in [0.2, 0.25) is 5.91 Å². The van der Waals surface area contributed by atoms with Gasteiger partial charge < -0.3 is 14.6 Å². The van der Waals surface area contributed by atoms with Gasteiger partial charge in [-0.05, 0) is 29.8 Å². The van der Waals surface area contributed by atoms with Gasteiger partial charge in [0.1, 0.15) is 0 Å². The van der Waals surface area contributed by atoms with Crippen molar-refractivity contribution in [2.45, 2.75) is 13.0 Å². The first-order valence-corrected chi connectivity index (χ1v) is 10.4. The molecule has 7 nitrogen and oxygen atoms in total. The lowest BCUT2D eigenvalue weighted by molar-refractivity contribution is -0.116. The van der Waals surface area contributed by atoms with Crippen molar-refractivity contribution in [1.29, 1.82) is 0 Å². The Hall–Kier alpha value is -2.61. The third-order valence-electron chi connectivity index (χ3n) is 5.52. The lowest BCUT2D eigenvalue weighted by atomic mass is 10.2. The van der Waals surface area contributed by atoms with Crippen LogP contribution in [0, 0.1) is 0 Å². The van der Waals surface area contributed by atoms with Crippen molar-refractivity contribution in [2.24, 2.45) is 7.05 Å². The average molecular weight is 429 g/mol. The van der Waals surface area contributed by atoms with E-state index in [1.54, 1.807) is 25.2 Å². The van der Waals surface area contributed by atoms with Crippen molar-refractivity contribution >= 4 is 34.3 Å². The number of fused-ring (bicyclic) bond motifs is 1. The topological polar surface area (TPSA) is 70.7 Å². The molecule has 0 radical (unpaired) electrons. The number of nitrogens with zero attached hydrogens (tertiary/aromatic N) is 3. The number of rotatable bonds is 6. The Morgan fingerprint density at radius 1 is 1.07 bits per heavy atom. The maximum Gasteiger partial charge on any atom is 0.419 e. The third-order valence-corrected chi connectivity index (χ3v) is 5.77. The molecule has 158 valence electrons. The minimum absolute atomic E-state index is 0.0452. The summed E-state index contributed by atoms with van der Waals surface area (Å²) in [6, 6.07) is 13.2. The second-order valence-corrected chi connectivity index (χ2v) is 8.09. The predicted molar refractivity (Wildman–Crippen MR) is 118 cm³/mol. The first-order chi connectivity index (χ1) is 14.5. The molecular formula is C22H25ClN4O3. The van der Waals surface area contributed by atoms with Crippen LogP contribution in [0.15, 0.2) is 51.7 Å². The number of piperazine rings is 1. The molecule has 8 heteroatoms. The van der Waals surface area contributed by atoms with Crippen LogP contribution in [0.5, 0.6) is 0 Å². The van der Waals surface area contributed by atoms with E-state index >= 15 is 0 Å². The predicted octanol–water partition coefficient (Wildman–Crippen LogP) is 2.93. The maximum absolute atomic E-state index is 12.3. The fraction of sp³-hybridized carbons (Fsp3) is 0.364. The monoisotopic (exact) mass is 428 g/mol. The third kappa shape index (κ3) is 4.92. The highest BCUT2D eigenvalue weighted by molar-refractivity contribution is 6.30. The van der Waals surface area contributed by atoms with Crippen molar-refractivity contribution in [3.8, 4) is 0 Å². The quantitative estimate of drug-likeness (QED) is 0.653. The number of benzene rings is 2. The Kier molecular flexibility index (Phi) is 6.22. The molecule has 0 unspecified atom stereocenters. The van der Waals surface area contributed by atoms with Gasteiger partial charge >= 0.3 is 5.76 Å². The molecule has 4 rings (SSSR count). The van der Waals surface area contributed by atoms with E-state index in [-0.39, 0.29) is 5.91 Å². The zero-order chi connectivity index (χ0) is 21.1. The second-order valence-electron chi connectivity index (χ2n) is 7.65. The molecule has 0 spiro atoms. The van der Waals surface area contributed by atoms with Gasteiger partial charge in [-0.3, -0.25) is 14.3 Å².